The first-order valence-corrected chi connectivity index (χ1v) is 5.90. The Morgan fingerprint density at radius 2 is 1.88 bits per heavy atom. The molecule has 1 heterocycles. The predicted molar refractivity (Wildman–Crippen MR) is 62.8 cm³/mol. The maximum absolute atomic E-state index is 9.61. The van der Waals surface area contributed by atoms with Gasteiger partial charge in [0.1, 0.15) is 12.2 Å². The van der Waals surface area contributed by atoms with Crippen LogP contribution in [0.4, 0.5) is 0 Å². The zero-order valence-corrected chi connectivity index (χ0v) is 11.3. The highest BCUT2D eigenvalue weighted by atomic mass is 16.6. The Balaban J connectivity index is 2.60. The van der Waals surface area contributed by atoms with Crippen molar-refractivity contribution in [1.29, 1.82) is 0 Å². The Morgan fingerprint density at radius 3 is 2.35 bits per heavy atom. The van der Waals surface area contributed by atoms with Gasteiger partial charge in [0.25, 0.3) is 0 Å². The van der Waals surface area contributed by atoms with Crippen LogP contribution >= 0.6 is 0 Å². The van der Waals surface area contributed by atoms with Crippen molar-refractivity contribution in [2.45, 2.75) is 57.4 Å². The number of methoxy groups -OCH3 is 2. The summed E-state index contributed by atoms with van der Waals surface area (Å²) in [5.41, 5.74) is -0.243. The van der Waals surface area contributed by atoms with Crippen LogP contribution in [0.5, 0.6) is 0 Å². The van der Waals surface area contributed by atoms with Crippen molar-refractivity contribution in [1.82, 2.24) is 0 Å². The second-order valence-electron chi connectivity index (χ2n) is 5.26. The van der Waals surface area contributed by atoms with Crippen molar-refractivity contribution in [3.8, 4) is 0 Å². The largest absolute Gasteiger partial charge is 0.378 e. The zero-order valence-electron chi connectivity index (χ0n) is 11.3. The Hall–Kier alpha value is -0.200. The summed E-state index contributed by atoms with van der Waals surface area (Å²) in [5, 5.41) is 9.61. The average molecular weight is 248 g/mol. The van der Waals surface area contributed by atoms with E-state index in [1.54, 1.807) is 14.2 Å². The first kappa shape index (κ1) is 14.9. The molecule has 1 N–H and O–H groups in total. The van der Waals surface area contributed by atoms with E-state index in [-0.39, 0.29) is 23.9 Å². The summed E-state index contributed by atoms with van der Waals surface area (Å²) < 4.78 is 21.8. The lowest BCUT2D eigenvalue weighted by molar-refractivity contribution is -0.257. The molecule has 1 saturated heterocycles. The molecule has 17 heavy (non-hydrogen) atoms. The lowest BCUT2D eigenvalue weighted by Gasteiger charge is -2.39. The minimum absolute atomic E-state index is 0.169. The molecule has 1 aliphatic rings. The van der Waals surface area contributed by atoms with Gasteiger partial charge in [0.15, 0.2) is 6.29 Å². The molecule has 1 aliphatic heterocycles. The molecule has 0 amide bonds. The number of hydrogen-bond donors (Lipinski definition) is 1. The summed E-state index contributed by atoms with van der Waals surface area (Å²) >= 11 is 0. The van der Waals surface area contributed by atoms with E-state index in [1.165, 1.54) is 0 Å². The topological polar surface area (TPSA) is 57.2 Å². The minimum atomic E-state index is -0.820. The van der Waals surface area contributed by atoms with Crippen molar-refractivity contribution in [3.05, 3.63) is 0 Å². The fraction of sp³-hybridized carbons (Fsp3) is 1.00. The van der Waals surface area contributed by atoms with Gasteiger partial charge in [0, 0.05) is 20.6 Å². The minimum Gasteiger partial charge on any atom is -0.378 e. The lowest BCUT2D eigenvalue weighted by atomic mass is 10.0. The van der Waals surface area contributed by atoms with Gasteiger partial charge >= 0.3 is 0 Å². The second-order valence-corrected chi connectivity index (χ2v) is 5.26. The fourth-order valence-electron chi connectivity index (χ4n) is 1.91. The van der Waals surface area contributed by atoms with Crippen LogP contribution in [-0.2, 0) is 18.9 Å². The molecule has 0 aromatic heterocycles. The zero-order chi connectivity index (χ0) is 13.1. The van der Waals surface area contributed by atoms with Crippen LogP contribution in [0.25, 0.3) is 0 Å². The molecule has 1 fully saturated rings. The van der Waals surface area contributed by atoms with Gasteiger partial charge in [0.05, 0.1) is 18.3 Å². The summed E-state index contributed by atoms with van der Waals surface area (Å²) in [6.07, 6.45) is -1.10. The molecular formula is C12H24O5. The number of rotatable bonds is 4. The van der Waals surface area contributed by atoms with Gasteiger partial charge in [0.2, 0.25) is 0 Å². The summed E-state index contributed by atoms with van der Waals surface area (Å²) in [6, 6.07) is 0. The molecule has 0 aromatic carbocycles. The van der Waals surface area contributed by atoms with Crippen LogP contribution in [0.1, 0.15) is 27.2 Å². The van der Waals surface area contributed by atoms with Crippen LogP contribution < -0.4 is 0 Å². The van der Waals surface area contributed by atoms with Crippen LogP contribution in [-0.4, -0.2) is 56.1 Å². The van der Waals surface area contributed by atoms with Crippen molar-refractivity contribution in [2.24, 2.45) is 0 Å². The maximum Gasteiger partial charge on any atom is 0.157 e. The van der Waals surface area contributed by atoms with Crippen LogP contribution in [0.15, 0.2) is 0 Å². The normalized spacial score (nSPS) is 34.9. The van der Waals surface area contributed by atoms with Gasteiger partial charge in [-0.2, -0.15) is 0 Å². The molecule has 4 atom stereocenters. The number of hydrogen-bond acceptors (Lipinski definition) is 5. The molecule has 1 rings (SSSR count). The molecule has 5 heteroatoms. The fourth-order valence-corrected chi connectivity index (χ4v) is 1.91. The lowest BCUT2D eigenvalue weighted by Crippen LogP contribution is -2.52. The first-order chi connectivity index (χ1) is 7.87. The van der Waals surface area contributed by atoms with E-state index < -0.39 is 6.29 Å². The molecule has 5 nitrogen and oxygen atoms in total. The van der Waals surface area contributed by atoms with Crippen molar-refractivity contribution >= 4 is 0 Å². The van der Waals surface area contributed by atoms with Gasteiger partial charge in [-0.25, -0.2) is 0 Å². The van der Waals surface area contributed by atoms with Crippen LogP contribution in [0, 0.1) is 0 Å². The van der Waals surface area contributed by atoms with Gasteiger partial charge in [-0.05, 0) is 20.8 Å². The van der Waals surface area contributed by atoms with E-state index in [0.717, 1.165) is 0 Å². The van der Waals surface area contributed by atoms with Gasteiger partial charge < -0.3 is 24.1 Å². The summed E-state index contributed by atoms with van der Waals surface area (Å²) in [4.78, 5) is 0. The first-order valence-electron chi connectivity index (χ1n) is 5.90. The monoisotopic (exact) mass is 248 g/mol. The molecule has 0 saturated carbocycles. The molecule has 102 valence electrons. The van der Waals surface area contributed by atoms with Crippen molar-refractivity contribution in [2.75, 3.05) is 20.8 Å². The molecular weight excluding hydrogens is 224 g/mol. The highest BCUT2D eigenvalue weighted by Crippen LogP contribution is 2.24. The highest BCUT2D eigenvalue weighted by Gasteiger charge is 2.39. The molecule has 0 bridgehead atoms. The van der Waals surface area contributed by atoms with E-state index in [9.17, 15) is 5.11 Å². The molecule has 0 unspecified atom stereocenters. The van der Waals surface area contributed by atoms with Gasteiger partial charge in [-0.1, -0.05) is 0 Å². The third kappa shape index (κ3) is 4.52. The smallest absolute Gasteiger partial charge is 0.157 e. The quantitative estimate of drug-likeness (QED) is 0.802. The van der Waals surface area contributed by atoms with Crippen molar-refractivity contribution in [3.63, 3.8) is 0 Å². The van der Waals surface area contributed by atoms with Crippen LogP contribution in [0.3, 0.4) is 0 Å². The molecule has 0 spiro atoms. The Labute approximate surface area is 103 Å². The van der Waals surface area contributed by atoms with Gasteiger partial charge in [-0.15, -0.1) is 0 Å². The standard InChI is InChI=1S/C12H24O5/c1-12(2,3)16-7-9-11(15-5)8(14-4)6-10(13)17-9/h8-11,13H,6-7H2,1-5H3/t8-,9+,10-,11+/m0/s1. The maximum atomic E-state index is 9.61. The van der Waals surface area contributed by atoms with E-state index in [0.29, 0.717) is 13.0 Å². The third-order valence-electron chi connectivity index (χ3n) is 2.75. The number of aliphatic hydroxyl groups is 1. The SMILES string of the molecule is CO[C@@H]1[C@@H](OC)C[C@@H](O)O[C@@H]1COC(C)(C)C. The van der Waals surface area contributed by atoms with E-state index in [1.807, 2.05) is 20.8 Å². The Bertz CT molecular complexity index is 225. The summed E-state index contributed by atoms with van der Waals surface area (Å²) in [7, 11) is 3.22. The Morgan fingerprint density at radius 1 is 1.24 bits per heavy atom. The summed E-state index contributed by atoms with van der Waals surface area (Å²) in [6.45, 7) is 6.30. The van der Waals surface area contributed by atoms with E-state index in [2.05, 4.69) is 0 Å². The molecule has 0 aliphatic carbocycles. The second kappa shape index (κ2) is 6.11. The predicted octanol–water partition coefficient (Wildman–Crippen LogP) is 0.939. The number of ether oxygens (including phenoxy) is 4. The van der Waals surface area contributed by atoms with Gasteiger partial charge in [-0.3, -0.25) is 0 Å². The van der Waals surface area contributed by atoms with E-state index in [4.69, 9.17) is 18.9 Å². The van der Waals surface area contributed by atoms with E-state index >= 15 is 0 Å². The highest BCUT2D eigenvalue weighted by molar-refractivity contribution is 4.85. The van der Waals surface area contributed by atoms with Crippen molar-refractivity contribution < 1.29 is 24.1 Å². The third-order valence-corrected chi connectivity index (χ3v) is 2.75. The molecule has 0 radical (unpaired) electrons. The number of aliphatic hydroxyl groups excluding tert-OH is 1. The average Bonchev–Trinajstić information content (AvgIpc) is 2.24. The molecule has 0 aromatic rings. The Kier molecular flexibility index (Phi) is 5.34. The summed E-state index contributed by atoms with van der Waals surface area (Å²) in [5.74, 6) is 0. The van der Waals surface area contributed by atoms with Crippen LogP contribution in [0.2, 0.25) is 0 Å².